The number of fused-ring (bicyclic) bond motifs is 1. The molecule has 0 unspecified atom stereocenters. The topological polar surface area (TPSA) is 104 Å². The fraction of sp³-hybridized carbons (Fsp3) is 0.0714. The molecule has 5 rings (SSSR count). The van der Waals surface area contributed by atoms with E-state index >= 15 is 0 Å². The first-order valence-electron chi connectivity index (χ1n) is 11.3. The van der Waals surface area contributed by atoms with E-state index in [0.29, 0.717) is 28.3 Å². The molecule has 0 fully saturated rings. The quantitative estimate of drug-likeness (QED) is 0.243. The Kier molecular flexibility index (Phi) is 6.03. The fourth-order valence-electron chi connectivity index (χ4n) is 4.05. The number of benzene rings is 4. The van der Waals surface area contributed by atoms with Crippen LogP contribution in [0.3, 0.4) is 0 Å². The molecule has 5 aromatic rings. The highest BCUT2D eigenvalue weighted by atomic mass is 32.2. The molecule has 8 heteroatoms. The summed E-state index contributed by atoms with van der Waals surface area (Å²) in [7, 11) is -3.89. The van der Waals surface area contributed by atoms with Gasteiger partial charge in [0.1, 0.15) is 11.4 Å². The number of hydrogen-bond acceptors (Lipinski definition) is 6. The Bertz CT molecular complexity index is 1680. The number of aryl methyl sites for hydroxylation is 2. The average Bonchev–Trinajstić information content (AvgIpc) is 2.86. The van der Waals surface area contributed by atoms with Crippen LogP contribution in [0, 0.1) is 13.8 Å². The van der Waals surface area contributed by atoms with Crippen LogP contribution in [0.25, 0.3) is 22.0 Å². The third-order valence-electron chi connectivity index (χ3n) is 5.84. The first-order chi connectivity index (χ1) is 17.3. The summed E-state index contributed by atoms with van der Waals surface area (Å²) in [4.78, 5) is 0.140. The number of nitrogens with one attached hydrogen (secondary N) is 2. The van der Waals surface area contributed by atoms with Crippen LogP contribution in [0.15, 0.2) is 95.9 Å². The van der Waals surface area contributed by atoms with E-state index in [1.807, 2.05) is 61.5 Å². The second-order valence-corrected chi connectivity index (χ2v) is 10.2. The fourth-order valence-corrected chi connectivity index (χ4v) is 5.38. The maximum Gasteiger partial charge on any atom is 0.262 e. The van der Waals surface area contributed by atoms with E-state index in [2.05, 4.69) is 20.2 Å². The van der Waals surface area contributed by atoms with E-state index in [9.17, 15) is 13.5 Å². The van der Waals surface area contributed by atoms with Crippen LogP contribution in [0.5, 0.6) is 5.75 Å². The van der Waals surface area contributed by atoms with Crippen molar-refractivity contribution in [3.63, 3.8) is 0 Å². The summed E-state index contributed by atoms with van der Waals surface area (Å²) in [6, 6.07) is 26.8. The smallest absolute Gasteiger partial charge is 0.262 e. The predicted molar refractivity (Wildman–Crippen MR) is 143 cm³/mol. The van der Waals surface area contributed by atoms with Crippen molar-refractivity contribution in [3.8, 4) is 17.0 Å². The van der Waals surface area contributed by atoms with E-state index < -0.39 is 10.0 Å². The minimum absolute atomic E-state index is 0.0573. The van der Waals surface area contributed by atoms with Crippen molar-refractivity contribution in [2.75, 3.05) is 10.0 Å². The van der Waals surface area contributed by atoms with Crippen molar-refractivity contribution >= 4 is 38.0 Å². The number of phenols is 1. The molecule has 0 aliphatic heterocycles. The lowest BCUT2D eigenvalue weighted by molar-refractivity contribution is 0.475. The van der Waals surface area contributed by atoms with Crippen molar-refractivity contribution < 1.29 is 13.5 Å². The number of rotatable bonds is 6. The molecule has 0 aliphatic rings. The summed E-state index contributed by atoms with van der Waals surface area (Å²) >= 11 is 0. The van der Waals surface area contributed by atoms with E-state index in [4.69, 9.17) is 0 Å². The second-order valence-electron chi connectivity index (χ2n) is 8.57. The van der Waals surface area contributed by atoms with Crippen LogP contribution >= 0.6 is 0 Å². The van der Waals surface area contributed by atoms with Crippen LogP contribution < -0.4 is 10.0 Å². The molecular formula is C28H24N4O3S. The Morgan fingerprint density at radius 2 is 1.50 bits per heavy atom. The standard InChI is InChI=1S/C28H24N4O3S/c1-18-6-5-7-22(16-18)29-28-25-9-4-3-8-24(25)27(30-31-28)20-11-10-19(2)26(17-20)36(34,35)32-21-12-14-23(33)15-13-21/h3-17,32-33H,1-2H3,(H,29,31). The molecule has 0 atom stereocenters. The molecule has 3 N–H and O–H groups in total. The van der Waals surface area contributed by atoms with Crippen LogP contribution in [-0.2, 0) is 10.0 Å². The molecule has 1 heterocycles. The molecule has 0 bridgehead atoms. The van der Waals surface area contributed by atoms with Crippen LogP contribution in [0.1, 0.15) is 11.1 Å². The Morgan fingerprint density at radius 3 is 2.25 bits per heavy atom. The lowest BCUT2D eigenvalue weighted by Gasteiger charge is -2.14. The molecule has 180 valence electrons. The van der Waals surface area contributed by atoms with Gasteiger partial charge in [0.15, 0.2) is 5.82 Å². The maximum atomic E-state index is 13.2. The third kappa shape index (κ3) is 4.71. The van der Waals surface area contributed by atoms with Gasteiger partial charge >= 0.3 is 0 Å². The minimum atomic E-state index is -3.89. The van der Waals surface area contributed by atoms with Gasteiger partial charge < -0.3 is 10.4 Å². The van der Waals surface area contributed by atoms with Crippen molar-refractivity contribution in [1.82, 2.24) is 10.2 Å². The molecule has 0 amide bonds. The molecule has 0 aliphatic carbocycles. The number of sulfonamides is 1. The summed E-state index contributed by atoms with van der Waals surface area (Å²) in [5.41, 5.74) is 4.21. The van der Waals surface area contributed by atoms with Crippen molar-refractivity contribution in [1.29, 1.82) is 0 Å². The number of phenolic OH excluding ortho intramolecular Hbond substituents is 1. The Labute approximate surface area is 209 Å². The maximum absolute atomic E-state index is 13.2. The average molecular weight is 497 g/mol. The number of aromatic hydroxyl groups is 1. The minimum Gasteiger partial charge on any atom is -0.508 e. The predicted octanol–water partition coefficient (Wildman–Crippen LogP) is 6.16. The number of aromatic nitrogens is 2. The molecule has 0 saturated carbocycles. The Morgan fingerprint density at radius 1 is 0.750 bits per heavy atom. The van der Waals surface area contributed by atoms with Gasteiger partial charge in [0, 0.05) is 27.7 Å². The first kappa shape index (κ1) is 23.3. The highest BCUT2D eigenvalue weighted by Gasteiger charge is 2.20. The molecule has 36 heavy (non-hydrogen) atoms. The van der Waals surface area contributed by atoms with E-state index in [1.165, 1.54) is 24.3 Å². The van der Waals surface area contributed by atoms with Gasteiger partial charge in [0.05, 0.1) is 4.90 Å². The van der Waals surface area contributed by atoms with Gasteiger partial charge in [-0.25, -0.2) is 8.42 Å². The molecular weight excluding hydrogens is 472 g/mol. The summed E-state index contributed by atoms with van der Waals surface area (Å²) in [5, 5.41) is 23.5. The number of anilines is 3. The van der Waals surface area contributed by atoms with Crippen LogP contribution in [-0.4, -0.2) is 23.7 Å². The summed E-state index contributed by atoms with van der Waals surface area (Å²) in [5.74, 6) is 0.677. The van der Waals surface area contributed by atoms with Gasteiger partial charge in [-0.1, -0.05) is 48.5 Å². The lowest BCUT2D eigenvalue weighted by atomic mass is 10.0. The zero-order chi connectivity index (χ0) is 25.3. The second kappa shape index (κ2) is 9.31. The SMILES string of the molecule is Cc1cccc(Nc2nnc(-c3ccc(C)c(S(=O)(=O)Nc4ccc(O)cc4)c3)c3ccccc23)c1. The highest BCUT2D eigenvalue weighted by molar-refractivity contribution is 7.92. The lowest BCUT2D eigenvalue weighted by Crippen LogP contribution is -2.14. The number of hydrogen-bond donors (Lipinski definition) is 3. The Hall–Kier alpha value is -4.43. The molecule has 0 radical (unpaired) electrons. The largest absolute Gasteiger partial charge is 0.508 e. The van der Waals surface area contributed by atoms with Gasteiger partial charge in [-0.15, -0.1) is 10.2 Å². The molecule has 7 nitrogen and oxygen atoms in total. The summed E-state index contributed by atoms with van der Waals surface area (Å²) < 4.78 is 29.0. The van der Waals surface area contributed by atoms with Gasteiger partial charge in [-0.05, 0) is 67.4 Å². The van der Waals surface area contributed by atoms with Gasteiger partial charge in [0.25, 0.3) is 10.0 Å². The highest BCUT2D eigenvalue weighted by Crippen LogP contribution is 2.33. The summed E-state index contributed by atoms with van der Waals surface area (Å²) in [6.07, 6.45) is 0. The van der Waals surface area contributed by atoms with E-state index in [1.54, 1.807) is 19.1 Å². The normalized spacial score (nSPS) is 11.4. The molecule has 1 aromatic heterocycles. The van der Waals surface area contributed by atoms with Crippen molar-refractivity contribution in [3.05, 3.63) is 102 Å². The first-order valence-corrected chi connectivity index (χ1v) is 12.8. The van der Waals surface area contributed by atoms with Crippen LogP contribution in [0.2, 0.25) is 0 Å². The number of nitrogens with zero attached hydrogens (tertiary/aromatic N) is 2. The molecule has 0 spiro atoms. The zero-order valence-corrected chi connectivity index (χ0v) is 20.5. The van der Waals surface area contributed by atoms with E-state index in [0.717, 1.165) is 22.0 Å². The van der Waals surface area contributed by atoms with E-state index in [-0.39, 0.29) is 10.6 Å². The van der Waals surface area contributed by atoms with Gasteiger partial charge in [-0.3, -0.25) is 4.72 Å². The third-order valence-corrected chi connectivity index (χ3v) is 7.36. The van der Waals surface area contributed by atoms with Crippen LogP contribution in [0.4, 0.5) is 17.2 Å². The van der Waals surface area contributed by atoms with Gasteiger partial charge in [-0.2, -0.15) is 0 Å². The van der Waals surface area contributed by atoms with Gasteiger partial charge in [0.2, 0.25) is 0 Å². The van der Waals surface area contributed by atoms with Crippen molar-refractivity contribution in [2.45, 2.75) is 18.7 Å². The summed E-state index contributed by atoms with van der Waals surface area (Å²) in [6.45, 7) is 3.77. The monoisotopic (exact) mass is 496 g/mol. The molecule has 0 saturated heterocycles. The Balaban J connectivity index is 1.56. The zero-order valence-electron chi connectivity index (χ0n) is 19.7. The van der Waals surface area contributed by atoms with Crippen molar-refractivity contribution in [2.24, 2.45) is 0 Å². The molecule has 4 aromatic carbocycles.